The lowest BCUT2D eigenvalue weighted by Gasteiger charge is -2.14. The van der Waals surface area contributed by atoms with Gasteiger partial charge in [-0.15, -0.1) is 12.4 Å². The summed E-state index contributed by atoms with van der Waals surface area (Å²) >= 11 is 1.38. The van der Waals surface area contributed by atoms with Crippen LogP contribution in [0.25, 0.3) is 22.4 Å². The van der Waals surface area contributed by atoms with Crippen molar-refractivity contribution in [2.75, 3.05) is 21.3 Å². The van der Waals surface area contributed by atoms with E-state index in [1.54, 1.807) is 21.3 Å². The van der Waals surface area contributed by atoms with E-state index in [1.165, 1.54) is 11.5 Å². The number of Topliss-reactive ketones (excluding diaryl/α,β-unsaturated/α-hetero) is 1. The first-order chi connectivity index (χ1) is 14.9. The second kappa shape index (κ2) is 11.3. The maximum absolute atomic E-state index is 12.4. The first-order valence-electron chi connectivity index (χ1n) is 10.1. The van der Waals surface area contributed by atoms with Crippen LogP contribution in [0.3, 0.4) is 0 Å². The van der Waals surface area contributed by atoms with Crippen molar-refractivity contribution in [2.24, 2.45) is 5.73 Å². The molecule has 1 aromatic heterocycles. The van der Waals surface area contributed by atoms with Crippen LogP contribution in [0, 0.1) is 6.92 Å². The highest BCUT2D eigenvalue weighted by Crippen LogP contribution is 2.40. The second-order valence-corrected chi connectivity index (χ2v) is 7.92. The van der Waals surface area contributed by atoms with E-state index in [4.69, 9.17) is 19.9 Å². The molecule has 0 saturated heterocycles. The third-order valence-corrected chi connectivity index (χ3v) is 5.95. The minimum absolute atomic E-state index is 0. The minimum Gasteiger partial charge on any atom is -0.496 e. The molecular weight excluding hydrogens is 448 g/mol. The Morgan fingerprint density at radius 2 is 1.78 bits per heavy atom. The van der Waals surface area contributed by atoms with Crippen molar-refractivity contribution >= 4 is 29.7 Å². The number of aromatic nitrogens is 1. The van der Waals surface area contributed by atoms with Crippen LogP contribution in [-0.2, 0) is 11.2 Å². The number of nitrogens with two attached hydrogens (primary N) is 1. The van der Waals surface area contributed by atoms with Gasteiger partial charge in [0.15, 0.2) is 17.3 Å². The molecule has 1 heterocycles. The first-order valence-corrected chi connectivity index (χ1v) is 10.9. The molecule has 3 aromatic rings. The summed E-state index contributed by atoms with van der Waals surface area (Å²) in [6.45, 7) is 3.88. The van der Waals surface area contributed by atoms with Gasteiger partial charge in [0.2, 0.25) is 0 Å². The van der Waals surface area contributed by atoms with E-state index in [2.05, 4.69) is 4.37 Å². The number of carbonyl (C=O) groups is 1. The molecular formula is C24H29ClN2O4S. The lowest BCUT2D eigenvalue weighted by Crippen LogP contribution is -2.30. The van der Waals surface area contributed by atoms with Gasteiger partial charge < -0.3 is 19.9 Å². The Kier molecular flexibility index (Phi) is 9.07. The first kappa shape index (κ1) is 25.6. The number of hydrogen-bond acceptors (Lipinski definition) is 7. The van der Waals surface area contributed by atoms with Crippen LogP contribution < -0.4 is 19.9 Å². The van der Waals surface area contributed by atoms with Crippen LogP contribution in [0.1, 0.15) is 24.5 Å². The average molecular weight is 477 g/mol. The van der Waals surface area contributed by atoms with Crippen molar-refractivity contribution in [2.45, 2.75) is 32.7 Å². The van der Waals surface area contributed by atoms with Crippen molar-refractivity contribution in [1.29, 1.82) is 0 Å². The normalized spacial score (nSPS) is 11.4. The summed E-state index contributed by atoms with van der Waals surface area (Å²) in [6, 6.07) is 9.35. The Morgan fingerprint density at radius 1 is 1.06 bits per heavy atom. The van der Waals surface area contributed by atoms with E-state index < -0.39 is 6.04 Å². The van der Waals surface area contributed by atoms with Gasteiger partial charge in [0.1, 0.15) is 5.75 Å². The number of ketones is 1. The van der Waals surface area contributed by atoms with E-state index in [1.807, 2.05) is 49.6 Å². The van der Waals surface area contributed by atoms with E-state index >= 15 is 0 Å². The van der Waals surface area contributed by atoms with Crippen molar-refractivity contribution in [3.8, 4) is 39.6 Å². The van der Waals surface area contributed by atoms with Crippen LogP contribution in [0.5, 0.6) is 17.2 Å². The molecule has 8 heteroatoms. The topological polar surface area (TPSA) is 83.7 Å². The summed E-state index contributed by atoms with van der Waals surface area (Å²) in [6.07, 6.45) is 0.840. The highest BCUT2D eigenvalue weighted by atomic mass is 35.5. The van der Waals surface area contributed by atoms with Gasteiger partial charge in [-0.05, 0) is 60.3 Å². The molecule has 2 aromatic carbocycles. The van der Waals surface area contributed by atoms with Crippen LogP contribution in [0.15, 0.2) is 35.7 Å². The molecule has 1 unspecified atom stereocenters. The fourth-order valence-electron chi connectivity index (χ4n) is 3.57. The number of halogens is 1. The Morgan fingerprint density at radius 3 is 2.41 bits per heavy atom. The molecule has 1 atom stereocenters. The van der Waals surface area contributed by atoms with Gasteiger partial charge in [-0.1, -0.05) is 13.0 Å². The highest BCUT2D eigenvalue weighted by Gasteiger charge is 2.19. The third-order valence-electron chi connectivity index (χ3n) is 5.32. The number of aryl methyl sites for hydroxylation is 1. The number of rotatable bonds is 9. The Hall–Kier alpha value is -2.61. The standard InChI is InChI=1S/C24H28N2O4S.ClH/c1-6-19(25)20(27)11-16-10-15(7-8-21(16)28-3)18-13-31-26-23(18)17-9-14(2)24(30-5)22(12-17)29-4;/h7-10,12-13,19H,6,11,25H2,1-5H3;1H. The SMILES string of the molecule is CCC(N)C(=O)Cc1cc(-c2csnc2-c2cc(C)c(OC)c(OC)c2)ccc1OC.Cl. The maximum Gasteiger partial charge on any atom is 0.163 e. The van der Waals surface area contributed by atoms with Crippen molar-refractivity contribution in [3.05, 3.63) is 46.8 Å². The Bertz CT molecular complexity index is 1080. The Labute approximate surface area is 199 Å². The van der Waals surface area contributed by atoms with Crippen LogP contribution in [0.4, 0.5) is 0 Å². The van der Waals surface area contributed by atoms with Crippen LogP contribution in [0.2, 0.25) is 0 Å². The van der Waals surface area contributed by atoms with Crippen molar-refractivity contribution < 1.29 is 19.0 Å². The molecule has 3 rings (SSSR count). The van der Waals surface area contributed by atoms with Gasteiger partial charge in [0, 0.05) is 28.5 Å². The van der Waals surface area contributed by atoms with Gasteiger partial charge in [-0.25, -0.2) is 0 Å². The molecule has 0 radical (unpaired) electrons. The summed E-state index contributed by atoms with van der Waals surface area (Å²) in [5, 5.41) is 2.01. The predicted molar refractivity (Wildman–Crippen MR) is 132 cm³/mol. The van der Waals surface area contributed by atoms with Crippen LogP contribution in [-0.4, -0.2) is 37.5 Å². The van der Waals surface area contributed by atoms with Crippen LogP contribution >= 0.6 is 23.9 Å². The van der Waals surface area contributed by atoms with Gasteiger partial charge in [0.05, 0.1) is 33.1 Å². The number of ether oxygens (including phenoxy) is 3. The molecule has 0 bridgehead atoms. The molecule has 2 N–H and O–H groups in total. The summed E-state index contributed by atoms with van der Waals surface area (Å²) in [5.41, 5.74) is 11.4. The minimum atomic E-state index is -0.471. The van der Waals surface area contributed by atoms with Gasteiger partial charge in [0.25, 0.3) is 0 Å². The van der Waals surface area contributed by atoms with E-state index in [0.717, 1.165) is 33.5 Å². The molecule has 0 aliphatic heterocycles. The molecule has 0 amide bonds. The van der Waals surface area contributed by atoms with E-state index in [9.17, 15) is 4.79 Å². The highest BCUT2D eigenvalue weighted by molar-refractivity contribution is 7.04. The number of nitrogens with zero attached hydrogens (tertiary/aromatic N) is 1. The number of hydrogen-bond donors (Lipinski definition) is 1. The number of methoxy groups -OCH3 is 3. The zero-order valence-electron chi connectivity index (χ0n) is 18.9. The molecule has 0 saturated carbocycles. The monoisotopic (exact) mass is 476 g/mol. The summed E-state index contributed by atoms with van der Waals surface area (Å²) in [4.78, 5) is 12.4. The molecule has 172 valence electrons. The fourth-order valence-corrected chi connectivity index (χ4v) is 4.29. The molecule has 6 nitrogen and oxygen atoms in total. The molecule has 32 heavy (non-hydrogen) atoms. The van der Waals surface area contributed by atoms with E-state index in [0.29, 0.717) is 23.7 Å². The number of carbonyl (C=O) groups excluding carboxylic acids is 1. The summed E-state index contributed by atoms with van der Waals surface area (Å²) in [5.74, 6) is 2.04. The van der Waals surface area contributed by atoms with E-state index in [-0.39, 0.29) is 24.6 Å². The van der Waals surface area contributed by atoms with Gasteiger partial charge in [-0.2, -0.15) is 4.37 Å². The van der Waals surface area contributed by atoms with Crippen molar-refractivity contribution in [3.63, 3.8) is 0 Å². The zero-order valence-corrected chi connectivity index (χ0v) is 20.6. The van der Waals surface area contributed by atoms with Crippen molar-refractivity contribution in [1.82, 2.24) is 4.37 Å². The predicted octanol–water partition coefficient (Wildman–Crippen LogP) is 5.08. The fraction of sp³-hybridized carbons (Fsp3) is 0.333. The quantitative estimate of drug-likeness (QED) is 0.463. The lowest BCUT2D eigenvalue weighted by molar-refractivity contribution is -0.119. The summed E-state index contributed by atoms with van der Waals surface area (Å²) in [7, 11) is 4.85. The second-order valence-electron chi connectivity index (χ2n) is 7.29. The lowest BCUT2D eigenvalue weighted by atomic mass is 9.95. The largest absolute Gasteiger partial charge is 0.496 e. The molecule has 0 spiro atoms. The zero-order chi connectivity index (χ0) is 22.5. The molecule has 0 fully saturated rings. The Balaban J connectivity index is 0.00000363. The van der Waals surface area contributed by atoms with Gasteiger partial charge in [-0.3, -0.25) is 4.79 Å². The molecule has 0 aliphatic rings. The third kappa shape index (κ3) is 5.23. The number of benzene rings is 2. The summed E-state index contributed by atoms with van der Waals surface area (Å²) < 4.78 is 21.1. The smallest absolute Gasteiger partial charge is 0.163 e. The maximum atomic E-state index is 12.4. The average Bonchev–Trinajstić information content (AvgIpc) is 3.27. The van der Waals surface area contributed by atoms with Gasteiger partial charge >= 0.3 is 0 Å². The molecule has 0 aliphatic carbocycles.